The number of halogens is 2. The van der Waals surface area contributed by atoms with E-state index in [4.69, 9.17) is 0 Å². The Labute approximate surface area is 169 Å². The van der Waals surface area contributed by atoms with Crippen LogP contribution in [0.4, 0.5) is 0 Å². The van der Waals surface area contributed by atoms with Crippen molar-refractivity contribution < 1.29 is 9.59 Å². The van der Waals surface area contributed by atoms with Gasteiger partial charge >= 0.3 is 0 Å². The van der Waals surface area contributed by atoms with Crippen LogP contribution in [0.5, 0.6) is 0 Å². The fraction of sp³-hybridized carbons (Fsp3) is 0.0909. The van der Waals surface area contributed by atoms with Crippen LogP contribution < -0.4 is 0 Å². The fourth-order valence-electron chi connectivity index (χ4n) is 2.65. The lowest BCUT2D eigenvalue weighted by atomic mass is 9.98. The molecule has 0 amide bonds. The van der Waals surface area contributed by atoms with Gasteiger partial charge in [0.2, 0.25) is 0 Å². The standard InChI is InChI=1S/C22H16Br2O2/c23-19-8-4-15(5-9-19)12-21(25)17-2-1-3-18(14-17)22(26)13-16-6-10-20(24)11-7-16/h1-11,14H,12-13H2. The van der Waals surface area contributed by atoms with E-state index in [1.54, 1.807) is 24.3 Å². The molecule has 2 nitrogen and oxygen atoms in total. The Morgan fingerprint density at radius 3 is 1.38 bits per heavy atom. The summed E-state index contributed by atoms with van der Waals surface area (Å²) in [5.74, 6) is 0.0104. The van der Waals surface area contributed by atoms with E-state index in [2.05, 4.69) is 31.9 Å². The maximum atomic E-state index is 12.5. The van der Waals surface area contributed by atoms with E-state index in [0.29, 0.717) is 24.0 Å². The van der Waals surface area contributed by atoms with Gasteiger partial charge in [0.15, 0.2) is 11.6 Å². The Hall–Kier alpha value is -2.04. The number of ketones is 2. The van der Waals surface area contributed by atoms with Crippen molar-refractivity contribution in [3.05, 3.63) is 104 Å². The normalized spacial score (nSPS) is 10.5. The van der Waals surface area contributed by atoms with E-state index in [1.165, 1.54) is 0 Å². The first-order chi connectivity index (χ1) is 12.5. The van der Waals surface area contributed by atoms with Crippen LogP contribution in [-0.2, 0) is 12.8 Å². The van der Waals surface area contributed by atoms with Gasteiger partial charge in [-0.05, 0) is 41.5 Å². The predicted octanol–water partition coefficient (Wildman–Crippen LogP) is 6.06. The lowest BCUT2D eigenvalue weighted by Gasteiger charge is -2.06. The zero-order valence-electron chi connectivity index (χ0n) is 13.9. The monoisotopic (exact) mass is 470 g/mol. The molecule has 130 valence electrons. The number of Topliss-reactive ketones (excluding diaryl/α,β-unsaturated/α-hetero) is 2. The van der Waals surface area contributed by atoms with Gasteiger partial charge in [0, 0.05) is 32.9 Å². The molecule has 0 unspecified atom stereocenters. The highest BCUT2D eigenvalue weighted by Gasteiger charge is 2.12. The van der Waals surface area contributed by atoms with E-state index in [0.717, 1.165) is 20.1 Å². The molecule has 0 saturated carbocycles. The number of carbonyl (C=O) groups is 2. The molecule has 3 aromatic carbocycles. The van der Waals surface area contributed by atoms with Crippen molar-refractivity contribution in [1.82, 2.24) is 0 Å². The first-order valence-corrected chi connectivity index (χ1v) is 9.75. The van der Waals surface area contributed by atoms with E-state index >= 15 is 0 Å². The predicted molar refractivity (Wildman–Crippen MR) is 111 cm³/mol. The molecule has 0 radical (unpaired) electrons. The Bertz CT molecular complexity index is 854. The summed E-state index contributed by atoms with van der Waals surface area (Å²) in [6.45, 7) is 0. The van der Waals surface area contributed by atoms with Gasteiger partial charge in [-0.15, -0.1) is 0 Å². The quantitative estimate of drug-likeness (QED) is 0.409. The first kappa shape index (κ1) is 18.7. The summed E-state index contributed by atoms with van der Waals surface area (Å²) in [4.78, 5) is 25.1. The van der Waals surface area contributed by atoms with Crippen molar-refractivity contribution in [2.45, 2.75) is 12.8 Å². The van der Waals surface area contributed by atoms with Crippen LogP contribution in [0.2, 0.25) is 0 Å². The van der Waals surface area contributed by atoms with Gasteiger partial charge in [0.05, 0.1) is 0 Å². The zero-order valence-corrected chi connectivity index (χ0v) is 17.1. The van der Waals surface area contributed by atoms with Crippen LogP contribution in [-0.4, -0.2) is 11.6 Å². The van der Waals surface area contributed by atoms with E-state index in [-0.39, 0.29) is 11.6 Å². The van der Waals surface area contributed by atoms with Crippen molar-refractivity contribution >= 4 is 43.4 Å². The van der Waals surface area contributed by atoms with Crippen LogP contribution in [0.3, 0.4) is 0 Å². The van der Waals surface area contributed by atoms with Crippen molar-refractivity contribution in [3.8, 4) is 0 Å². The smallest absolute Gasteiger partial charge is 0.167 e. The van der Waals surface area contributed by atoms with Gasteiger partial charge in [-0.1, -0.05) is 74.3 Å². The third kappa shape index (κ3) is 4.99. The van der Waals surface area contributed by atoms with Gasteiger partial charge < -0.3 is 0 Å². The van der Waals surface area contributed by atoms with Crippen LogP contribution in [0.25, 0.3) is 0 Å². The minimum Gasteiger partial charge on any atom is -0.294 e. The zero-order chi connectivity index (χ0) is 18.5. The van der Waals surface area contributed by atoms with Crippen molar-refractivity contribution in [3.63, 3.8) is 0 Å². The molecule has 0 bridgehead atoms. The highest BCUT2D eigenvalue weighted by Crippen LogP contribution is 2.16. The number of hydrogen-bond acceptors (Lipinski definition) is 2. The van der Waals surface area contributed by atoms with Gasteiger partial charge in [-0.2, -0.15) is 0 Å². The Morgan fingerprint density at radius 2 is 1.00 bits per heavy atom. The van der Waals surface area contributed by atoms with Gasteiger partial charge in [0.25, 0.3) is 0 Å². The molecule has 0 atom stereocenters. The van der Waals surface area contributed by atoms with Gasteiger partial charge in [-0.25, -0.2) is 0 Å². The Kier molecular flexibility index (Phi) is 6.17. The topological polar surface area (TPSA) is 34.1 Å². The number of hydrogen-bond donors (Lipinski definition) is 0. The van der Waals surface area contributed by atoms with Crippen LogP contribution >= 0.6 is 31.9 Å². The minimum atomic E-state index is 0.00520. The summed E-state index contributed by atoms with van der Waals surface area (Å²) in [5, 5.41) is 0. The van der Waals surface area contributed by atoms with Crippen molar-refractivity contribution in [1.29, 1.82) is 0 Å². The maximum Gasteiger partial charge on any atom is 0.167 e. The summed E-state index contributed by atoms with van der Waals surface area (Å²) in [6.07, 6.45) is 0.634. The second-order valence-corrected chi connectivity index (χ2v) is 7.86. The molecular formula is C22H16Br2O2. The average molecular weight is 472 g/mol. The number of carbonyl (C=O) groups excluding carboxylic acids is 2. The molecule has 0 aliphatic carbocycles. The summed E-state index contributed by atoms with van der Waals surface area (Å²) in [7, 11) is 0. The maximum absolute atomic E-state index is 12.5. The average Bonchev–Trinajstić information content (AvgIpc) is 2.65. The summed E-state index contributed by atoms with van der Waals surface area (Å²) in [6, 6.07) is 22.3. The highest BCUT2D eigenvalue weighted by atomic mass is 79.9. The molecule has 0 saturated heterocycles. The molecule has 3 rings (SSSR count). The summed E-state index contributed by atoms with van der Waals surface area (Å²) in [5.41, 5.74) is 3.03. The van der Waals surface area contributed by atoms with Crippen molar-refractivity contribution in [2.24, 2.45) is 0 Å². The molecule has 4 heteroatoms. The molecule has 0 heterocycles. The molecular weight excluding hydrogens is 456 g/mol. The lowest BCUT2D eigenvalue weighted by Crippen LogP contribution is -2.08. The lowest BCUT2D eigenvalue weighted by molar-refractivity contribution is 0.0992. The Balaban J connectivity index is 1.72. The summed E-state index contributed by atoms with van der Waals surface area (Å²) < 4.78 is 1.96. The number of benzene rings is 3. The van der Waals surface area contributed by atoms with Crippen molar-refractivity contribution in [2.75, 3.05) is 0 Å². The number of rotatable bonds is 6. The van der Waals surface area contributed by atoms with Crippen LogP contribution in [0, 0.1) is 0 Å². The van der Waals surface area contributed by atoms with E-state index in [1.807, 2.05) is 48.5 Å². The van der Waals surface area contributed by atoms with Gasteiger partial charge in [-0.3, -0.25) is 9.59 Å². The minimum absolute atomic E-state index is 0.00520. The first-order valence-electron chi connectivity index (χ1n) is 8.16. The molecule has 3 aromatic rings. The summed E-state index contributed by atoms with van der Waals surface area (Å²) >= 11 is 6.78. The molecule has 0 aliphatic heterocycles. The third-order valence-corrected chi connectivity index (χ3v) is 5.12. The third-order valence-electron chi connectivity index (χ3n) is 4.06. The van der Waals surface area contributed by atoms with Crippen LogP contribution in [0.15, 0.2) is 81.7 Å². The second-order valence-electron chi connectivity index (χ2n) is 6.03. The molecule has 0 spiro atoms. The van der Waals surface area contributed by atoms with E-state index < -0.39 is 0 Å². The van der Waals surface area contributed by atoms with Gasteiger partial charge in [0.1, 0.15) is 0 Å². The SMILES string of the molecule is O=C(Cc1ccc(Br)cc1)c1cccc(C(=O)Cc2ccc(Br)cc2)c1. The highest BCUT2D eigenvalue weighted by molar-refractivity contribution is 9.10. The molecule has 0 aromatic heterocycles. The molecule has 26 heavy (non-hydrogen) atoms. The van der Waals surface area contributed by atoms with E-state index in [9.17, 15) is 9.59 Å². The molecule has 0 fully saturated rings. The van der Waals surface area contributed by atoms with Crippen LogP contribution in [0.1, 0.15) is 31.8 Å². The molecule has 0 aliphatic rings. The Morgan fingerprint density at radius 1 is 0.615 bits per heavy atom. The fourth-order valence-corrected chi connectivity index (χ4v) is 3.17. The molecule has 0 N–H and O–H groups in total. The second kappa shape index (κ2) is 8.56. The largest absolute Gasteiger partial charge is 0.294 e.